The van der Waals surface area contributed by atoms with Crippen molar-refractivity contribution < 1.29 is 57.0 Å². The van der Waals surface area contributed by atoms with Crippen LogP contribution in [0.15, 0.2) is 48.6 Å². The minimum absolute atomic E-state index is 0.225. The van der Waals surface area contributed by atoms with Crippen molar-refractivity contribution in [3.05, 3.63) is 48.6 Å². The molecule has 1 heterocycles. The summed E-state index contributed by atoms with van der Waals surface area (Å²) in [4.78, 5) is 13.1. The van der Waals surface area contributed by atoms with Gasteiger partial charge in [-0.05, 0) is 64.2 Å². The van der Waals surface area contributed by atoms with E-state index in [0.29, 0.717) is 12.8 Å². The molecule has 60 heavy (non-hydrogen) atoms. The molecule has 1 amide bonds. The zero-order chi connectivity index (χ0) is 44.3. The lowest BCUT2D eigenvalue weighted by Gasteiger charge is -2.41. The van der Waals surface area contributed by atoms with Gasteiger partial charge >= 0.3 is 10.4 Å². The van der Waals surface area contributed by atoms with Gasteiger partial charge in [0.2, 0.25) is 5.91 Å². The van der Waals surface area contributed by atoms with Crippen molar-refractivity contribution >= 4 is 16.3 Å². The van der Waals surface area contributed by atoms with Gasteiger partial charge in [-0.2, -0.15) is 8.42 Å². The van der Waals surface area contributed by atoms with Gasteiger partial charge in [-0.25, -0.2) is 4.18 Å². The second-order valence-corrected chi connectivity index (χ2v) is 17.2. The summed E-state index contributed by atoms with van der Waals surface area (Å²) < 4.78 is 47.4. The number of nitrogens with one attached hydrogen (secondary N) is 1. The molecule has 0 aromatic heterocycles. The molecule has 0 aliphatic carbocycles. The number of aliphatic hydroxyl groups is 5. The molecule has 1 rings (SSSR count). The fourth-order valence-electron chi connectivity index (χ4n) is 6.96. The topological polar surface area (TPSA) is 212 Å². The lowest BCUT2D eigenvalue weighted by molar-refractivity contribution is -0.298. The molecule has 1 saturated heterocycles. The number of hydrogen-bond donors (Lipinski definition) is 7. The molecular formula is C46H83NO12S. The minimum Gasteiger partial charge on any atom is -0.394 e. The van der Waals surface area contributed by atoms with Crippen molar-refractivity contribution in [1.82, 2.24) is 5.32 Å². The Morgan fingerprint density at radius 2 is 1.15 bits per heavy atom. The van der Waals surface area contributed by atoms with Crippen LogP contribution in [0.2, 0.25) is 0 Å². The number of allylic oxidation sites excluding steroid dienone is 7. The highest BCUT2D eigenvalue weighted by atomic mass is 32.3. The van der Waals surface area contributed by atoms with E-state index in [1.807, 2.05) is 0 Å². The zero-order valence-corrected chi connectivity index (χ0v) is 37.7. The van der Waals surface area contributed by atoms with Crippen LogP contribution in [-0.2, 0) is 28.9 Å². The van der Waals surface area contributed by atoms with Gasteiger partial charge in [-0.3, -0.25) is 9.35 Å². The van der Waals surface area contributed by atoms with E-state index in [4.69, 9.17) is 14.0 Å². The van der Waals surface area contributed by atoms with Gasteiger partial charge < -0.3 is 40.3 Å². The molecule has 0 saturated carbocycles. The van der Waals surface area contributed by atoms with Crippen molar-refractivity contribution in [3.63, 3.8) is 0 Å². The van der Waals surface area contributed by atoms with Gasteiger partial charge in [0.1, 0.15) is 30.5 Å². The molecule has 1 aliphatic heterocycles. The van der Waals surface area contributed by atoms with Crippen molar-refractivity contribution in [2.75, 3.05) is 13.2 Å². The summed E-state index contributed by atoms with van der Waals surface area (Å²) in [6, 6.07) is -1.14. The van der Waals surface area contributed by atoms with E-state index in [-0.39, 0.29) is 6.42 Å². The molecule has 1 fully saturated rings. The summed E-state index contributed by atoms with van der Waals surface area (Å²) in [7, 11) is -5.12. The fourth-order valence-corrected chi connectivity index (χ4v) is 7.47. The lowest BCUT2D eigenvalue weighted by atomic mass is 9.99. The molecule has 14 heteroatoms. The molecule has 0 radical (unpaired) electrons. The molecule has 0 spiro atoms. The number of amides is 1. The molecule has 0 aromatic rings. The maximum absolute atomic E-state index is 13.1. The Balaban J connectivity index is 2.54. The number of carbonyl (C=O) groups is 1. The summed E-state index contributed by atoms with van der Waals surface area (Å²) in [6.07, 6.45) is 32.1. The van der Waals surface area contributed by atoms with E-state index < -0.39 is 78.5 Å². The predicted octanol–water partition coefficient (Wildman–Crippen LogP) is 7.85. The number of hydrogen-bond acceptors (Lipinski definition) is 11. The van der Waals surface area contributed by atoms with Crippen molar-refractivity contribution in [2.45, 2.75) is 223 Å². The Morgan fingerprint density at radius 1 is 0.667 bits per heavy atom. The first-order chi connectivity index (χ1) is 28.9. The highest BCUT2D eigenvalue weighted by molar-refractivity contribution is 7.80. The van der Waals surface area contributed by atoms with Gasteiger partial charge in [0.15, 0.2) is 6.29 Å². The second-order valence-electron chi connectivity index (χ2n) is 16.1. The van der Waals surface area contributed by atoms with Gasteiger partial charge in [0.05, 0.1) is 25.4 Å². The second kappa shape index (κ2) is 36.5. The summed E-state index contributed by atoms with van der Waals surface area (Å²) in [5.74, 6) is -0.724. The first-order valence-electron chi connectivity index (χ1n) is 23.1. The number of rotatable bonds is 38. The molecule has 8 unspecified atom stereocenters. The molecule has 8 atom stereocenters. The standard InChI is InChI=1S/C46H83NO12S/c1-3-5-7-9-11-13-15-16-17-18-19-20-21-22-23-25-27-29-31-33-35-40(50)45(53)47-38(39(49)34-32-30-28-26-24-14-12-10-8-6-4-2)37-57-46-43(52)44(59-60(54,55)56)42(51)41(36-48)58-46/h8,10,20-21,24,26,32,34,38-44,46,48-52H,3-7,9,11-19,22-23,25,27-31,33,35-37H2,1-2H3,(H,47,53)(H,54,55,56)/b10-8+,21-20-,26-24+,34-32+. The van der Waals surface area contributed by atoms with Crippen LogP contribution in [0.25, 0.3) is 0 Å². The Hall–Kier alpha value is -1.98. The molecule has 1 aliphatic rings. The molecule has 350 valence electrons. The smallest absolute Gasteiger partial charge is 0.394 e. The summed E-state index contributed by atoms with van der Waals surface area (Å²) in [5.41, 5.74) is 0. The van der Waals surface area contributed by atoms with Crippen LogP contribution in [-0.4, -0.2) is 107 Å². The van der Waals surface area contributed by atoms with E-state index in [9.17, 15) is 38.7 Å². The summed E-state index contributed by atoms with van der Waals surface area (Å²) in [6.45, 7) is 3.10. The Labute approximate surface area is 362 Å². The number of carbonyl (C=O) groups excluding carboxylic acids is 1. The first kappa shape index (κ1) is 56.0. The van der Waals surface area contributed by atoms with E-state index in [2.05, 4.69) is 59.8 Å². The molecule has 0 bridgehead atoms. The first-order valence-corrected chi connectivity index (χ1v) is 24.5. The van der Waals surface area contributed by atoms with Gasteiger partial charge in [0, 0.05) is 0 Å². The summed E-state index contributed by atoms with van der Waals surface area (Å²) in [5, 5.41) is 55.0. The van der Waals surface area contributed by atoms with Crippen LogP contribution < -0.4 is 5.32 Å². The monoisotopic (exact) mass is 874 g/mol. The van der Waals surface area contributed by atoms with Crippen LogP contribution in [0.4, 0.5) is 0 Å². The van der Waals surface area contributed by atoms with Crippen molar-refractivity contribution in [3.8, 4) is 0 Å². The number of aliphatic hydroxyl groups excluding tert-OH is 5. The summed E-state index contributed by atoms with van der Waals surface area (Å²) >= 11 is 0. The third-order valence-electron chi connectivity index (χ3n) is 10.6. The SMILES string of the molecule is CCC/C=C/CC/C=C/CC/C=C/C(O)C(COC1OC(CO)C(O)C(OS(=O)(=O)O)C1O)NC(=O)C(O)CCCCCCCC/C=C\CCCCCCCCCCCC. The Kier molecular flexibility index (Phi) is 34.1. The quantitative estimate of drug-likeness (QED) is 0.0180. The van der Waals surface area contributed by atoms with E-state index in [1.54, 1.807) is 6.08 Å². The van der Waals surface area contributed by atoms with Crippen molar-refractivity contribution in [2.24, 2.45) is 0 Å². The maximum atomic E-state index is 13.1. The van der Waals surface area contributed by atoms with Crippen LogP contribution in [0, 0.1) is 0 Å². The highest BCUT2D eigenvalue weighted by Crippen LogP contribution is 2.26. The van der Waals surface area contributed by atoms with E-state index >= 15 is 0 Å². The predicted molar refractivity (Wildman–Crippen MR) is 237 cm³/mol. The normalized spacial score (nSPS) is 21.8. The minimum atomic E-state index is -5.12. The van der Waals surface area contributed by atoms with Gasteiger partial charge in [0.25, 0.3) is 0 Å². The number of unbranched alkanes of at least 4 members (excludes halogenated alkanes) is 19. The molecule has 0 aromatic carbocycles. The van der Waals surface area contributed by atoms with Crippen LogP contribution in [0.3, 0.4) is 0 Å². The average molecular weight is 874 g/mol. The highest BCUT2D eigenvalue weighted by Gasteiger charge is 2.48. The molecular weight excluding hydrogens is 791 g/mol. The third kappa shape index (κ3) is 28.6. The third-order valence-corrected chi connectivity index (χ3v) is 11.1. The Bertz CT molecular complexity index is 1280. The van der Waals surface area contributed by atoms with Gasteiger partial charge in [-0.15, -0.1) is 0 Å². The Morgan fingerprint density at radius 3 is 1.67 bits per heavy atom. The fraction of sp³-hybridized carbons (Fsp3) is 0.804. The lowest BCUT2D eigenvalue weighted by Crippen LogP contribution is -2.61. The van der Waals surface area contributed by atoms with Crippen LogP contribution >= 0.6 is 0 Å². The molecule has 13 nitrogen and oxygen atoms in total. The maximum Gasteiger partial charge on any atom is 0.397 e. The van der Waals surface area contributed by atoms with E-state index in [0.717, 1.165) is 77.0 Å². The van der Waals surface area contributed by atoms with Crippen molar-refractivity contribution in [1.29, 1.82) is 0 Å². The average Bonchev–Trinajstić information content (AvgIpc) is 3.22. The van der Waals surface area contributed by atoms with E-state index in [1.165, 1.54) is 70.3 Å². The van der Waals surface area contributed by atoms with Crippen LogP contribution in [0.1, 0.15) is 174 Å². The number of ether oxygens (including phenoxy) is 2. The molecule has 7 N–H and O–H groups in total. The van der Waals surface area contributed by atoms with Crippen LogP contribution in [0.5, 0.6) is 0 Å². The largest absolute Gasteiger partial charge is 0.397 e. The van der Waals surface area contributed by atoms with Gasteiger partial charge in [-0.1, -0.05) is 159 Å². The zero-order valence-electron chi connectivity index (χ0n) is 36.9.